The van der Waals surface area contributed by atoms with Crippen LogP contribution in [0.3, 0.4) is 0 Å². The molecule has 0 spiro atoms. The van der Waals surface area contributed by atoms with Crippen molar-refractivity contribution in [2.45, 2.75) is 13.5 Å². The van der Waals surface area contributed by atoms with Gasteiger partial charge in [-0.3, -0.25) is 10.1 Å². The molecular formula is C19H19ClN4O2. The maximum Gasteiger partial charge on any atom is 0.280 e. The molecule has 0 aliphatic rings. The molecule has 6 nitrogen and oxygen atoms in total. The topological polar surface area (TPSA) is 71.3 Å². The Morgan fingerprint density at radius 1 is 1.19 bits per heavy atom. The van der Waals surface area contributed by atoms with Crippen molar-refractivity contribution < 1.29 is 4.92 Å². The van der Waals surface area contributed by atoms with Gasteiger partial charge in [0.2, 0.25) is 0 Å². The van der Waals surface area contributed by atoms with Crippen LogP contribution in [-0.4, -0.2) is 28.9 Å². The van der Waals surface area contributed by atoms with Crippen molar-refractivity contribution >= 4 is 39.6 Å². The normalized spacial score (nSPS) is 11.1. The molecule has 3 aromatic rings. The van der Waals surface area contributed by atoms with Gasteiger partial charge in [0.1, 0.15) is 5.82 Å². The van der Waals surface area contributed by atoms with E-state index in [4.69, 9.17) is 11.6 Å². The number of nitrogens with zero attached hydrogens (tertiary/aromatic N) is 3. The Bertz CT molecular complexity index is 989. The van der Waals surface area contributed by atoms with Crippen LogP contribution >= 0.6 is 11.6 Å². The minimum absolute atomic E-state index is 0.109. The van der Waals surface area contributed by atoms with Gasteiger partial charge in [0.25, 0.3) is 5.69 Å². The van der Waals surface area contributed by atoms with Gasteiger partial charge in [-0.2, -0.15) is 0 Å². The van der Waals surface area contributed by atoms with Gasteiger partial charge in [0, 0.05) is 34.4 Å². The number of anilines is 2. The fourth-order valence-electron chi connectivity index (χ4n) is 2.94. The van der Waals surface area contributed by atoms with E-state index in [9.17, 15) is 10.1 Å². The minimum atomic E-state index is -0.348. The molecule has 134 valence electrons. The SMILES string of the molecule is Cc1ccc2c(Nc3ccc(Cl)c(CN(C)C)c3)nccc2c1[N+](=O)[O-]. The Kier molecular flexibility index (Phi) is 5.06. The molecule has 2 aromatic carbocycles. The first kappa shape index (κ1) is 18.1. The van der Waals surface area contributed by atoms with Crippen molar-refractivity contribution in [3.63, 3.8) is 0 Å². The van der Waals surface area contributed by atoms with Crippen molar-refractivity contribution in [2.24, 2.45) is 0 Å². The first-order valence-corrected chi connectivity index (χ1v) is 8.47. The molecule has 1 aromatic heterocycles. The van der Waals surface area contributed by atoms with E-state index >= 15 is 0 Å². The zero-order chi connectivity index (χ0) is 18.8. The quantitative estimate of drug-likeness (QED) is 0.510. The average Bonchev–Trinajstić information content (AvgIpc) is 2.57. The number of benzene rings is 2. The molecule has 0 amide bonds. The highest BCUT2D eigenvalue weighted by atomic mass is 35.5. The first-order valence-electron chi connectivity index (χ1n) is 8.09. The highest BCUT2D eigenvalue weighted by Gasteiger charge is 2.17. The number of aromatic nitrogens is 1. The zero-order valence-electron chi connectivity index (χ0n) is 14.8. The molecule has 0 aliphatic carbocycles. The summed E-state index contributed by atoms with van der Waals surface area (Å²) in [4.78, 5) is 17.5. The second kappa shape index (κ2) is 7.27. The maximum absolute atomic E-state index is 11.4. The molecular weight excluding hydrogens is 352 g/mol. The van der Waals surface area contributed by atoms with Gasteiger partial charge in [-0.15, -0.1) is 0 Å². The number of nitrogens with one attached hydrogen (secondary N) is 1. The molecule has 3 rings (SSSR count). The van der Waals surface area contributed by atoms with Gasteiger partial charge in [-0.25, -0.2) is 4.98 Å². The van der Waals surface area contributed by atoms with Crippen LogP contribution in [0.1, 0.15) is 11.1 Å². The fraction of sp³-hybridized carbons (Fsp3) is 0.211. The Morgan fingerprint density at radius 2 is 1.96 bits per heavy atom. The lowest BCUT2D eigenvalue weighted by Crippen LogP contribution is -2.11. The van der Waals surface area contributed by atoms with Gasteiger partial charge in [0.15, 0.2) is 0 Å². The summed E-state index contributed by atoms with van der Waals surface area (Å²) in [6.07, 6.45) is 1.58. The van der Waals surface area contributed by atoms with Crippen molar-refractivity contribution in [2.75, 3.05) is 19.4 Å². The fourth-order valence-corrected chi connectivity index (χ4v) is 3.12. The Morgan fingerprint density at radius 3 is 2.65 bits per heavy atom. The summed E-state index contributed by atoms with van der Waals surface area (Å²) >= 11 is 6.27. The molecule has 0 bridgehead atoms. The monoisotopic (exact) mass is 370 g/mol. The van der Waals surface area contributed by atoms with E-state index in [-0.39, 0.29) is 10.6 Å². The van der Waals surface area contributed by atoms with E-state index in [1.165, 1.54) is 0 Å². The molecule has 26 heavy (non-hydrogen) atoms. The number of pyridine rings is 1. The third-order valence-corrected chi connectivity index (χ3v) is 4.47. The Hall–Kier alpha value is -2.70. The highest BCUT2D eigenvalue weighted by molar-refractivity contribution is 6.31. The predicted molar refractivity (Wildman–Crippen MR) is 105 cm³/mol. The number of halogens is 1. The standard InChI is InChI=1S/C19H19ClN4O2/c1-12-4-6-16-15(18(12)24(25)26)8-9-21-19(16)22-14-5-7-17(20)13(10-14)11-23(2)3/h4-10H,11H2,1-3H3,(H,21,22). The first-order chi connectivity index (χ1) is 12.4. The van der Waals surface area contributed by atoms with Crippen LogP contribution in [0.5, 0.6) is 0 Å². The molecule has 0 saturated carbocycles. The molecule has 7 heteroatoms. The second-order valence-corrected chi connectivity index (χ2v) is 6.82. The third-order valence-electron chi connectivity index (χ3n) is 4.10. The van der Waals surface area contributed by atoms with Crippen LogP contribution in [-0.2, 0) is 6.54 Å². The van der Waals surface area contributed by atoms with Crippen molar-refractivity contribution in [1.29, 1.82) is 0 Å². The number of rotatable bonds is 5. The number of nitro benzene ring substituents is 1. The van der Waals surface area contributed by atoms with E-state index < -0.39 is 0 Å². The molecule has 1 heterocycles. The summed E-state index contributed by atoms with van der Waals surface area (Å²) in [6, 6.07) is 10.9. The van der Waals surface area contributed by atoms with Gasteiger partial charge < -0.3 is 10.2 Å². The molecule has 0 atom stereocenters. The Labute approximate surface area is 156 Å². The summed E-state index contributed by atoms with van der Waals surface area (Å²) in [6.45, 7) is 2.44. The van der Waals surface area contributed by atoms with Crippen LogP contribution in [0, 0.1) is 17.0 Å². The van der Waals surface area contributed by atoms with Gasteiger partial charge >= 0.3 is 0 Å². The number of hydrogen-bond acceptors (Lipinski definition) is 5. The van der Waals surface area contributed by atoms with Crippen molar-refractivity contribution in [3.05, 3.63) is 68.9 Å². The summed E-state index contributed by atoms with van der Waals surface area (Å²) in [5.41, 5.74) is 2.55. The van der Waals surface area contributed by atoms with Gasteiger partial charge in [-0.1, -0.05) is 17.7 Å². The van der Waals surface area contributed by atoms with Crippen LogP contribution in [0.2, 0.25) is 5.02 Å². The highest BCUT2D eigenvalue weighted by Crippen LogP contribution is 2.33. The summed E-state index contributed by atoms with van der Waals surface area (Å²) < 4.78 is 0. The summed E-state index contributed by atoms with van der Waals surface area (Å²) in [5.74, 6) is 0.573. The smallest absolute Gasteiger partial charge is 0.280 e. The van der Waals surface area contributed by atoms with Crippen LogP contribution in [0.25, 0.3) is 10.8 Å². The minimum Gasteiger partial charge on any atom is -0.340 e. The molecule has 0 fully saturated rings. The second-order valence-electron chi connectivity index (χ2n) is 6.41. The van der Waals surface area contributed by atoms with Crippen LogP contribution in [0.4, 0.5) is 17.2 Å². The number of nitro groups is 1. The van der Waals surface area contributed by atoms with Crippen LogP contribution < -0.4 is 5.32 Å². The molecule has 0 radical (unpaired) electrons. The van der Waals surface area contributed by atoms with Crippen molar-refractivity contribution in [1.82, 2.24) is 9.88 Å². The van der Waals surface area contributed by atoms with E-state index in [2.05, 4.69) is 10.3 Å². The molecule has 1 N–H and O–H groups in total. The summed E-state index contributed by atoms with van der Waals surface area (Å²) in [5, 5.41) is 16.7. The molecule has 0 aliphatic heterocycles. The van der Waals surface area contributed by atoms with Gasteiger partial charge in [-0.05, 0) is 56.9 Å². The van der Waals surface area contributed by atoms with E-state index in [1.54, 1.807) is 25.3 Å². The van der Waals surface area contributed by atoms with E-state index in [0.717, 1.165) is 11.3 Å². The lowest BCUT2D eigenvalue weighted by Gasteiger charge is -2.14. The lowest BCUT2D eigenvalue weighted by molar-refractivity contribution is -0.383. The van der Waals surface area contributed by atoms with E-state index in [1.807, 2.05) is 43.3 Å². The largest absolute Gasteiger partial charge is 0.340 e. The Balaban J connectivity index is 2.05. The number of fused-ring (bicyclic) bond motifs is 1. The molecule has 0 unspecified atom stereocenters. The summed E-state index contributed by atoms with van der Waals surface area (Å²) in [7, 11) is 3.95. The van der Waals surface area contributed by atoms with Crippen molar-refractivity contribution in [3.8, 4) is 0 Å². The van der Waals surface area contributed by atoms with Crippen LogP contribution in [0.15, 0.2) is 42.6 Å². The average molecular weight is 371 g/mol. The van der Waals surface area contributed by atoms with E-state index in [0.29, 0.717) is 33.7 Å². The number of aryl methyl sites for hydroxylation is 1. The third kappa shape index (κ3) is 3.61. The van der Waals surface area contributed by atoms with Gasteiger partial charge in [0.05, 0.1) is 10.3 Å². The predicted octanol–water partition coefficient (Wildman–Crippen LogP) is 4.91. The lowest BCUT2D eigenvalue weighted by atomic mass is 10.1. The number of hydrogen-bond donors (Lipinski definition) is 1. The molecule has 0 saturated heterocycles. The maximum atomic E-state index is 11.4. The zero-order valence-corrected chi connectivity index (χ0v) is 15.5.